The van der Waals surface area contributed by atoms with E-state index in [0.717, 1.165) is 24.5 Å². The van der Waals surface area contributed by atoms with Crippen LogP contribution in [0, 0.1) is 0 Å². The SMILES string of the molecule is C=CCSCCNC(CC)C/C(N)=N/O. The van der Waals surface area contributed by atoms with Gasteiger partial charge in [-0.25, -0.2) is 0 Å². The van der Waals surface area contributed by atoms with E-state index in [-0.39, 0.29) is 5.84 Å². The van der Waals surface area contributed by atoms with Crippen molar-refractivity contribution >= 4 is 17.6 Å². The molecule has 0 spiro atoms. The maximum Gasteiger partial charge on any atom is 0.140 e. The normalized spacial score (nSPS) is 13.8. The van der Waals surface area contributed by atoms with Crippen molar-refractivity contribution in [3.63, 3.8) is 0 Å². The average Bonchev–Trinajstić information content (AvgIpc) is 2.26. The van der Waals surface area contributed by atoms with Gasteiger partial charge in [-0.2, -0.15) is 11.8 Å². The molecule has 0 aliphatic carbocycles. The van der Waals surface area contributed by atoms with Gasteiger partial charge in [-0.05, 0) is 6.42 Å². The van der Waals surface area contributed by atoms with Gasteiger partial charge in [-0.3, -0.25) is 0 Å². The summed E-state index contributed by atoms with van der Waals surface area (Å²) in [5.41, 5.74) is 5.44. The summed E-state index contributed by atoms with van der Waals surface area (Å²) in [5.74, 6) is 2.32. The minimum Gasteiger partial charge on any atom is -0.409 e. The van der Waals surface area contributed by atoms with Crippen molar-refractivity contribution in [2.75, 3.05) is 18.1 Å². The van der Waals surface area contributed by atoms with Gasteiger partial charge >= 0.3 is 0 Å². The topological polar surface area (TPSA) is 70.6 Å². The number of nitrogens with zero attached hydrogens (tertiary/aromatic N) is 1. The predicted molar refractivity (Wildman–Crippen MR) is 67.6 cm³/mol. The number of thioether (sulfide) groups is 1. The van der Waals surface area contributed by atoms with Gasteiger partial charge in [0.25, 0.3) is 0 Å². The highest BCUT2D eigenvalue weighted by atomic mass is 32.2. The molecule has 0 amide bonds. The molecule has 1 unspecified atom stereocenters. The zero-order valence-electron chi connectivity index (χ0n) is 9.28. The van der Waals surface area contributed by atoms with Crippen molar-refractivity contribution in [1.29, 1.82) is 0 Å². The van der Waals surface area contributed by atoms with Crippen LogP contribution in [0.2, 0.25) is 0 Å². The van der Waals surface area contributed by atoms with Gasteiger partial charge in [0.1, 0.15) is 5.84 Å². The Balaban J connectivity index is 3.57. The van der Waals surface area contributed by atoms with Crippen LogP contribution in [0.3, 0.4) is 0 Å². The number of nitrogens with one attached hydrogen (secondary N) is 1. The van der Waals surface area contributed by atoms with Crippen LogP contribution in [-0.2, 0) is 0 Å². The Morgan fingerprint density at radius 2 is 2.47 bits per heavy atom. The summed E-state index contributed by atoms with van der Waals surface area (Å²) >= 11 is 1.84. The summed E-state index contributed by atoms with van der Waals surface area (Å²) < 4.78 is 0. The number of hydrogen-bond donors (Lipinski definition) is 3. The molecule has 0 bridgehead atoms. The number of nitrogens with two attached hydrogens (primary N) is 1. The molecule has 0 rings (SSSR count). The van der Waals surface area contributed by atoms with Gasteiger partial charge < -0.3 is 16.3 Å². The lowest BCUT2D eigenvalue weighted by atomic mass is 10.1. The molecule has 0 saturated heterocycles. The third kappa shape index (κ3) is 8.32. The fourth-order valence-corrected chi connectivity index (χ4v) is 1.75. The first-order valence-corrected chi connectivity index (χ1v) is 6.28. The second kappa shape index (κ2) is 9.86. The quantitative estimate of drug-likeness (QED) is 0.140. The summed E-state index contributed by atoms with van der Waals surface area (Å²) in [4.78, 5) is 0. The minimum absolute atomic E-state index is 0.285. The lowest BCUT2D eigenvalue weighted by molar-refractivity contribution is 0.315. The Morgan fingerprint density at radius 3 is 3.00 bits per heavy atom. The fraction of sp³-hybridized carbons (Fsp3) is 0.700. The molecule has 0 aliphatic heterocycles. The first kappa shape index (κ1) is 14.3. The zero-order valence-corrected chi connectivity index (χ0v) is 10.1. The van der Waals surface area contributed by atoms with Crippen molar-refractivity contribution in [1.82, 2.24) is 5.32 Å². The van der Waals surface area contributed by atoms with Crippen LogP contribution in [-0.4, -0.2) is 35.1 Å². The van der Waals surface area contributed by atoms with E-state index in [9.17, 15) is 0 Å². The Labute approximate surface area is 96.0 Å². The highest BCUT2D eigenvalue weighted by Gasteiger charge is 2.07. The number of rotatable bonds is 9. The van der Waals surface area contributed by atoms with E-state index in [0.29, 0.717) is 12.5 Å². The van der Waals surface area contributed by atoms with Crippen molar-refractivity contribution < 1.29 is 5.21 Å². The van der Waals surface area contributed by atoms with E-state index in [1.54, 1.807) is 0 Å². The largest absolute Gasteiger partial charge is 0.409 e. The van der Waals surface area contributed by atoms with Crippen molar-refractivity contribution in [3.05, 3.63) is 12.7 Å². The van der Waals surface area contributed by atoms with E-state index in [1.807, 2.05) is 17.8 Å². The molecule has 0 heterocycles. The van der Waals surface area contributed by atoms with E-state index in [2.05, 4.69) is 24.0 Å². The number of hydrogen-bond acceptors (Lipinski definition) is 4. The summed E-state index contributed by atoms with van der Waals surface area (Å²) in [7, 11) is 0. The van der Waals surface area contributed by atoms with Crippen LogP contribution in [0.5, 0.6) is 0 Å². The monoisotopic (exact) mass is 231 g/mol. The van der Waals surface area contributed by atoms with Gasteiger partial charge in [-0.15, -0.1) is 6.58 Å². The molecule has 0 fully saturated rings. The molecule has 0 saturated carbocycles. The lowest BCUT2D eigenvalue weighted by Crippen LogP contribution is -2.34. The standard InChI is InChI=1S/C10H21N3OS/c1-3-6-15-7-5-12-9(4-2)8-10(11)13-14/h3,9,12,14H,1,4-8H2,2H3,(H2,11,13). The van der Waals surface area contributed by atoms with E-state index >= 15 is 0 Å². The van der Waals surface area contributed by atoms with E-state index < -0.39 is 0 Å². The molecule has 4 nitrogen and oxygen atoms in total. The van der Waals surface area contributed by atoms with Gasteiger partial charge in [0.2, 0.25) is 0 Å². The molecule has 88 valence electrons. The molecule has 0 aromatic carbocycles. The lowest BCUT2D eigenvalue weighted by Gasteiger charge is -2.15. The minimum atomic E-state index is 0.285. The summed E-state index contributed by atoms with van der Waals surface area (Å²) in [6.45, 7) is 6.68. The molecular formula is C10H21N3OS. The smallest absolute Gasteiger partial charge is 0.140 e. The third-order valence-electron chi connectivity index (χ3n) is 1.99. The van der Waals surface area contributed by atoms with Gasteiger partial charge in [0.05, 0.1) is 0 Å². The van der Waals surface area contributed by atoms with Crippen LogP contribution in [0.1, 0.15) is 19.8 Å². The molecule has 0 aromatic rings. The summed E-state index contributed by atoms with van der Waals surface area (Å²) in [6.07, 6.45) is 3.47. The van der Waals surface area contributed by atoms with Crippen molar-refractivity contribution in [3.8, 4) is 0 Å². The second-order valence-electron chi connectivity index (χ2n) is 3.22. The summed E-state index contributed by atoms with van der Waals surface area (Å²) in [5, 5.41) is 14.8. The number of amidine groups is 1. The van der Waals surface area contributed by atoms with Crippen molar-refractivity contribution in [2.24, 2.45) is 10.9 Å². The Morgan fingerprint density at radius 1 is 1.73 bits per heavy atom. The highest BCUT2D eigenvalue weighted by Crippen LogP contribution is 2.00. The van der Waals surface area contributed by atoms with Crippen molar-refractivity contribution in [2.45, 2.75) is 25.8 Å². The van der Waals surface area contributed by atoms with Crippen LogP contribution in [0.25, 0.3) is 0 Å². The van der Waals surface area contributed by atoms with Gasteiger partial charge in [0.15, 0.2) is 0 Å². The molecule has 15 heavy (non-hydrogen) atoms. The van der Waals surface area contributed by atoms with Crippen LogP contribution < -0.4 is 11.1 Å². The van der Waals surface area contributed by atoms with E-state index in [1.165, 1.54) is 0 Å². The third-order valence-corrected chi connectivity index (χ3v) is 2.96. The molecule has 4 N–H and O–H groups in total. The fourth-order valence-electron chi connectivity index (χ4n) is 1.16. The zero-order chi connectivity index (χ0) is 11.5. The Bertz CT molecular complexity index is 197. The maximum atomic E-state index is 8.44. The maximum absolute atomic E-state index is 8.44. The molecule has 1 atom stereocenters. The van der Waals surface area contributed by atoms with Crippen LogP contribution >= 0.6 is 11.8 Å². The molecule has 5 heteroatoms. The first-order chi connectivity index (χ1) is 7.24. The molecule has 0 radical (unpaired) electrons. The Hall–Kier alpha value is -0.680. The van der Waals surface area contributed by atoms with E-state index in [4.69, 9.17) is 10.9 Å². The second-order valence-corrected chi connectivity index (χ2v) is 4.37. The molecule has 0 aromatic heterocycles. The highest BCUT2D eigenvalue weighted by molar-refractivity contribution is 7.99. The van der Waals surface area contributed by atoms with Crippen LogP contribution in [0.4, 0.5) is 0 Å². The van der Waals surface area contributed by atoms with Gasteiger partial charge in [-0.1, -0.05) is 18.2 Å². The Kier molecular flexibility index (Phi) is 9.41. The molecular weight excluding hydrogens is 210 g/mol. The van der Waals surface area contributed by atoms with Gasteiger partial charge in [0, 0.05) is 30.5 Å². The number of oxime groups is 1. The molecule has 0 aliphatic rings. The summed E-state index contributed by atoms with van der Waals surface area (Å²) in [6, 6.07) is 0.297. The van der Waals surface area contributed by atoms with Crippen LogP contribution in [0.15, 0.2) is 17.8 Å². The first-order valence-electron chi connectivity index (χ1n) is 5.13. The predicted octanol–water partition coefficient (Wildman–Crippen LogP) is 1.41. The average molecular weight is 231 g/mol.